The Hall–Kier alpha value is -6.21. The summed E-state index contributed by atoms with van der Waals surface area (Å²) in [6, 6.07) is 22.4. The molecule has 2 aliphatic heterocycles. The fraction of sp³-hybridized carbons (Fsp3) is 0.216. The van der Waals surface area contributed by atoms with E-state index in [1.54, 1.807) is 24.8 Å². The minimum absolute atomic E-state index is 0.195. The Morgan fingerprint density at radius 2 is 1.68 bits per heavy atom. The van der Waals surface area contributed by atoms with Gasteiger partial charge in [-0.15, -0.1) is 0 Å². The van der Waals surface area contributed by atoms with Crippen LogP contribution in [0.25, 0.3) is 11.3 Å². The number of hydrogen-bond donors (Lipinski definition) is 3. The van der Waals surface area contributed by atoms with E-state index in [2.05, 4.69) is 45.7 Å². The first-order valence-corrected chi connectivity index (χ1v) is 16.4. The van der Waals surface area contributed by atoms with E-state index in [-0.39, 0.29) is 18.2 Å². The van der Waals surface area contributed by atoms with E-state index < -0.39 is 6.03 Å². The van der Waals surface area contributed by atoms with Crippen molar-refractivity contribution >= 4 is 46.5 Å². The molecule has 13 nitrogen and oxygen atoms in total. The molecule has 0 spiro atoms. The topological polar surface area (TPSA) is 149 Å². The molecule has 252 valence electrons. The molecule has 0 bridgehead atoms. The van der Waals surface area contributed by atoms with Crippen LogP contribution in [0.4, 0.5) is 33.5 Å². The van der Waals surface area contributed by atoms with E-state index in [0.29, 0.717) is 36.0 Å². The molecular formula is C37H36N10O3. The van der Waals surface area contributed by atoms with Gasteiger partial charge in [0.2, 0.25) is 11.9 Å². The summed E-state index contributed by atoms with van der Waals surface area (Å²) in [6.45, 7) is 6.47. The quantitative estimate of drug-likeness (QED) is 0.196. The Morgan fingerprint density at radius 1 is 0.860 bits per heavy atom. The molecule has 0 aliphatic carbocycles. The fourth-order valence-corrected chi connectivity index (χ4v) is 5.95. The van der Waals surface area contributed by atoms with Gasteiger partial charge in [-0.05, 0) is 79.2 Å². The van der Waals surface area contributed by atoms with Gasteiger partial charge in [0.1, 0.15) is 0 Å². The van der Waals surface area contributed by atoms with Gasteiger partial charge < -0.3 is 15.5 Å². The monoisotopic (exact) mass is 668 g/mol. The molecule has 5 aromatic rings. The van der Waals surface area contributed by atoms with Crippen LogP contribution in [0, 0.1) is 6.92 Å². The van der Waals surface area contributed by atoms with Gasteiger partial charge in [0, 0.05) is 92.5 Å². The van der Waals surface area contributed by atoms with Crippen LogP contribution in [-0.2, 0) is 11.3 Å². The van der Waals surface area contributed by atoms with Gasteiger partial charge >= 0.3 is 6.03 Å². The molecule has 0 unspecified atom stereocenters. The smallest absolute Gasteiger partial charge is 0.328 e. The average molecular weight is 669 g/mol. The minimum Gasteiger partial charge on any atom is -0.369 e. The second-order valence-corrected chi connectivity index (χ2v) is 12.2. The number of anilines is 5. The third kappa shape index (κ3) is 7.58. The average Bonchev–Trinajstić information content (AvgIpc) is 3.14. The van der Waals surface area contributed by atoms with E-state index >= 15 is 0 Å². The van der Waals surface area contributed by atoms with E-state index in [9.17, 15) is 14.4 Å². The summed E-state index contributed by atoms with van der Waals surface area (Å²) in [5, 5.41) is 8.64. The number of urea groups is 1. The van der Waals surface area contributed by atoms with Crippen molar-refractivity contribution in [2.45, 2.75) is 19.9 Å². The maximum absolute atomic E-state index is 13.2. The highest BCUT2D eigenvalue weighted by atomic mass is 16.2. The van der Waals surface area contributed by atoms with Crippen molar-refractivity contribution in [3.8, 4) is 11.3 Å². The Morgan fingerprint density at radius 3 is 2.42 bits per heavy atom. The van der Waals surface area contributed by atoms with Crippen molar-refractivity contribution in [1.82, 2.24) is 30.2 Å². The summed E-state index contributed by atoms with van der Waals surface area (Å²) in [7, 11) is 0. The summed E-state index contributed by atoms with van der Waals surface area (Å²) in [5.74, 6) is -0.00142. The number of nitrogens with one attached hydrogen (secondary N) is 3. The number of benzene rings is 2. The van der Waals surface area contributed by atoms with Crippen LogP contribution in [-0.4, -0.2) is 75.4 Å². The third-order valence-electron chi connectivity index (χ3n) is 8.78. The van der Waals surface area contributed by atoms with Crippen molar-refractivity contribution in [3.63, 3.8) is 0 Å². The van der Waals surface area contributed by atoms with Gasteiger partial charge in [0.25, 0.3) is 5.91 Å². The highest BCUT2D eigenvalue weighted by Crippen LogP contribution is 2.25. The molecule has 0 atom stereocenters. The maximum Gasteiger partial charge on any atom is 0.328 e. The van der Waals surface area contributed by atoms with Crippen LogP contribution >= 0.6 is 0 Å². The van der Waals surface area contributed by atoms with Gasteiger partial charge in [0.05, 0.1) is 23.3 Å². The summed E-state index contributed by atoms with van der Waals surface area (Å²) in [4.78, 5) is 60.7. The number of carbonyl (C=O) groups is 3. The van der Waals surface area contributed by atoms with Gasteiger partial charge in [-0.2, -0.15) is 0 Å². The van der Waals surface area contributed by atoms with Crippen molar-refractivity contribution in [3.05, 3.63) is 114 Å². The Bertz CT molecular complexity index is 2000. The molecule has 3 aromatic heterocycles. The van der Waals surface area contributed by atoms with E-state index in [1.165, 1.54) is 4.90 Å². The predicted octanol–water partition coefficient (Wildman–Crippen LogP) is 5.01. The van der Waals surface area contributed by atoms with Crippen molar-refractivity contribution in [2.24, 2.45) is 0 Å². The van der Waals surface area contributed by atoms with Crippen molar-refractivity contribution < 1.29 is 14.4 Å². The SMILES string of the molecule is Cc1ccc(NC(=O)c2ccc(N3CCN(Cc4ccc(N5CCC(=O)NC5=O)cn4)CC3)cc2)cc1Nc1nccc(-c2cccnc2)n1. The third-order valence-corrected chi connectivity index (χ3v) is 8.78. The molecule has 13 heteroatoms. The van der Waals surface area contributed by atoms with Crippen LogP contribution < -0.4 is 25.8 Å². The van der Waals surface area contributed by atoms with Gasteiger partial charge in [0.15, 0.2) is 0 Å². The second kappa shape index (κ2) is 14.5. The van der Waals surface area contributed by atoms with Crippen molar-refractivity contribution in [1.29, 1.82) is 0 Å². The van der Waals surface area contributed by atoms with Crippen LogP contribution in [0.1, 0.15) is 28.0 Å². The zero-order valence-electron chi connectivity index (χ0n) is 27.5. The molecular weight excluding hydrogens is 632 g/mol. The van der Waals surface area contributed by atoms with Gasteiger partial charge in [-0.1, -0.05) is 6.07 Å². The minimum atomic E-state index is -0.412. The molecule has 7 rings (SSSR count). The molecule has 5 heterocycles. The molecule has 50 heavy (non-hydrogen) atoms. The van der Waals surface area contributed by atoms with Crippen LogP contribution in [0.3, 0.4) is 0 Å². The molecule has 0 saturated carbocycles. The number of aromatic nitrogens is 4. The molecule has 2 fully saturated rings. The first-order chi connectivity index (χ1) is 24.4. The first kappa shape index (κ1) is 32.3. The maximum atomic E-state index is 13.2. The summed E-state index contributed by atoms with van der Waals surface area (Å²) in [5.41, 5.74) is 7.32. The van der Waals surface area contributed by atoms with Crippen LogP contribution in [0.15, 0.2) is 97.6 Å². The van der Waals surface area contributed by atoms with Crippen LogP contribution in [0.2, 0.25) is 0 Å². The lowest BCUT2D eigenvalue weighted by molar-refractivity contribution is -0.120. The number of hydrogen-bond acceptors (Lipinski definition) is 10. The molecule has 2 aromatic carbocycles. The molecule has 4 amide bonds. The summed E-state index contributed by atoms with van der Waals surface area (Å²) >= 11 is 0. The first-order valence-electron chi connectivity index (χ1n) is 16.4. The van der Waals surface area contributed by atoms with Crippen LogP contribution in [0.5, 0.6) is 0 Å². The van der Waals surface area contributed by atoms with E-state index in [4.69, 9.17) is 0 Å². The number of amides is 4. The highest BCUT2D eigenvalue weighted by molar-refractivity contribution is 6.06. The zero-order chi connectivity index (χ0) is 34.5. The lowest BCUT2D eigenvalue weighted by Crippen LogP contribution is -2.49. The second-order valence-electron chi connectivity index (χ2n) is 12.2. The predicted molar refractivity (Wildman–Crippen MR) is 191 cm³/mol. The molecule has 2 aliphatic rings. The number of piperazine rings is 1. The Kier molecular flexibility index (Phi) is 9.38. The standard InChI is InChI=1S/C37H36N10O3/c1-25-4-7-28(21-33(25)43-36-39-15-12-32(42-36)27-3-2-14-38-22-27)41-35(49)26-5-9-30(10-6-26)46-19-17-45(18-20-46)24-29-8-11-31(23-40-29)47-16-13-34(48)44-37(47)50/h2-12,14-15,21-23H,13,16-20,24H2,1H3,(H,41,49)(H,39,42,43)(H,44,48,50). The number of imide groups is 1. The van der Waals surface area contributed by atoms with E-state index in [0.717, 1.165) is 60.1 Å². The number of rotatable bonds is 9. The Labute approximate surface area is 289 Å². The number of aryl methyl sites for hydroxylation is 1. The van der Waals surface area contributed by atoms with Gasteiger partial charge in [-0.25, -0.2) is 14.8 Å². The number of nitrogens with zero attached hydrogens (tertiary/aromatic N) is 7. The highest BCUT2D eigenvalue weighted by Gasteiger charge is 2.25. The lowest BCUT2D eigenvalue weighted by Gasteiger charge is -2.36. The van der Waals surface area contributed by atoms with Crippen molar-refractivity contribution in [2.75, 3.05) is 53.2 Å². The largest absolute Gasteiger partial charge is 0.369 e. The normalized spacial score (nSPS) is 15.1. The zero-order valence-corrected chi connectivity index (χ0v) is 27.5. The molecule has 2 saturated heterocycles. The lowest BCUT2D eigenvalue weighted by atomic mass is 10.1. The molecule has 0 radical (unpaired) electrons. The van der Waals surface area contributed by atoms with E-state index in [1.807, 2.05) is 79.7 Å². The summed E-state index contributed by atoms with van der Waals surface area (Å²) in [6.07, 6.45) is 7.15. The number of pyridine rings is 2. The molecule has 3 N–H and O–H groups in total. The Balaban J connectivity index is 0.911. The number of carbonyl (C=O) groups excluding carboxylic acids is 3. The van der Waals surface area contributed by atoms with Gasteiger partial charge in [-0.3, -0.25) is 34.7 Å². The summed E-state index contributed by atoms with van der Waals surface area (Å²) < 4.78 is 0. The fourth-order valence-electron chi connectivity index (χ4n) is 5.95.